The summed E-state index contributed by atoms with van der Waals surface area (Å²) in [4.78, 5) is 13.9. The Morgan fingerprint density at radius 3 is 2.75 bits per heavy atom. The van der Waals surface area contributed by atoms with E-state index in [-0.39, 0.29) is 23.7 Å². The molecule has 0 atom stereocenters. The normalized spacial score (nSPS) is 14.4. The summed E-state index contributed by atoms with van der Waals surface area (Å²) in [5.74, 6) is -0.927. The molecule has 0 N–H and O–H groups in total. The summed E-state index contributed by atoms with van der Waals surface area (Å²) in [5.41, 5.74) is 1.13. The summed E-state index contributed by atoms with van der Waals surface area (Å²) >= 11 is 6.08. The molecule has 122 valence electrons. The zero-order chi connectivity index (χ0) is 17.3. The summed E-state index contributed by atoms with van der Waals surface area (Å²) in [6, 6.07) is 10.8. The number of fused-ring (bicyclic) bond motifs is 1. The molecule has 0 unspecified atom stereocenters. The molecular weight excluding hydrogens is 331 g/mol. The van der Waals surface area contributed by atoms with E-state index in [2.05, 4.69) is 6.58 Å². The number of hydrogen-bond donors (Lipinski definition) is 0. The van der Waals surface area contributed by atoms with E-state index < -0.39 is 12.4 Å². The Morgan fingerprint density at radius 2 is 2.04 bits per heavy atom. The third-order valence-corrected chi connectivity index (χ3v) is 4.01. The molecule has 1 aliphatic rings. The van der Waals surface area contributed by atoms with Crippen molar-refractivity contribution in [3.8, 4) is 0 Å². The Kier molecular flexibility index (Phi) is 4.36. The summed E-state index contributed by atoms with van der Waals surface area (Å²) in [7, 11) is 0. The molecule has 2 aromatic rings. The Morgan fingerprint density at radius 1 is 1.29 bits per heavy atom. The Labute approximate surface area is 143 Å². The van der Waals surface area contributed by atoms with Crippen LogP contribution in [0, 0.1) is 11.0 Å². The van der Waals surface area contributed by atoms with Gasteiger partial charge in [-0.15, -0.1) is 6.58 Å². The van der Waals surface area contributed by atoms with Gasteiger partial charge in [-0.25, -0.2) is 4.39 Å². The third kappa shape index (κ3) is 2.78. The lowest BCUT2D eigenvalue weighted by Crippen LogP contribution is -2.35. The lowest BCUT2D eigenvalue weighted by Gasteiger charge is -2.20. The lowest BCUT2D eigenvalue weighted by molar-refractivity contribution is -0.443. The third-order valence-electron chi connectivity index (χ3n) is 3.77. The molecule has 0 aliphatic carbocycles. The summed E-state index contributed by atoms with van der Waals surface area (Å²) < 4.78 is 14.8. The van der Waals surface area contributed by atoms with Gasteiger partial charge in [0.15, 0.2) is 0 Å². The maximum atomic E-state index is 14.3. The van der Waals surface area contributed by atoms with Gasteiger partial charge in [0.1, 0.15) is 5.82 Å². The number of carbonyl (C=O) groups excluding carboxylic acids is 1. The average Bonchev–Trinajstić information content (AvgIpc) is 2.64. The van der Waals surface area contributed by atoms with E-state index in [9.17, 15) is 14.4 Å². The van der Waals surface area contributed by atoms with E-state index in [1.165, 1.54) is 17.0 Å². The van der Waals surface area contributed by atoms with Gasteiger partial charge in [0.05, 0.1) is 16.8 Å². The zero-order valence-corrected chi connectivity index (χ0v) is 13.5. The number of nitrogens with zero attached hydrogens (tertiary/aromatic N) is 2. The molecule has 0 bridgehead atoms. The van der Waals surface area contributed by atoms with Gasteiger partial charge >= 0.3 is 0 Å². The van der Waals surface area contributed by atoms with Gasteiger partial charge < -0.3 is 10.1 Å². The summed E-state index contributed by atoms with van der Waals surface area (Å²) in [6.45, 7) is 3.47. The minimum absolute atomic E-state index is 0.0884. The standard InChI is InChI=1S/C18H14ClFN2O2/c1-2-9-21-16-8-7-12(19)10-14(16)18(22(24)11-17(21)23)13-5-3-4-6-15(13)20/h2-8,10H,1,9,11H2. The van der Waals surface area contributed by atoms with Crippen LogP contribution in [0.2, 0.25) is 5.02 Å². The first-order valence-corrected chi connectivity index (χ1v) is 7.68. The molecule has 6 heteroatoms. The van der Waals surface area contributed by atoms with Gasteiger partial charge in [-0.3, -0.25) is 4.79 Å². The van der Waals surface area contributed by atoms with E-state index in [1.54, 1.807) is 36.4 Å². The van der Waals surface area contributed by atoms with Gasteiger partial charge in [-0.1, -0.05) is 29.8 Å². The van der Waals surface area contributed by atoms with Crippen molar-refractivity contribution in [2.24, 2.45) is 0 Å². The van der Waals surface area contributed by atoms with Crippen molar-refractivity contribution < 1.29 is 13.9 Å². The van der Waals surface area contributed by atoms with E-state index in [4.69, 9.17) is 11.6 Å². The monoisotopic (exact) mass is 344 g/mol. The predicted molar refractivity (Wildman–Crippen MR) is 92.1 cm³/mol. The first kappa shape index (κ1) is 16.2. The molecule has 0 radical (unpaired) electrons. The molecule has 3 rings (SSSR count). The van der Waals surface area contributed by atoms with Crippen molar-refractivity contribution in [1.29, 1.82) is 0 Å². The number of carbonyl (C=O) groups is 1. The van der Waals surface area contributed by atoms with Crippen LogP contribution in [0.3, 0.4) is 0 Å². The van der Waals surface area contributed by atoms with Crippen LogP contribution in [0.1, 0.15) is 11.1 Å². The first-order valence-electron chi connectivity index (χ1n) is 7.30. The van der Waals surface area contributed by atoms with Crippen molar-refractivity contribution in [3.05, 3.63) is 82.3 Å². The fourth-order valence-corrected chi connectivity index (χ4v) is 2.92. The minimum atomic E-state index is -0.538. The van der Waals surface area contributed by atoms with Crippen molar-refractivity contribution in [2.45, 2.75) is 0 Å². The van der Waals surface area contributed by atoms with Crippen LogP contribution in [0.25, 0.3) is 0 Å². The second-order valence-corrected chi connectivity index (χ2v) is 5.76. The minimum Gasteiger partial charge on any atom is -0.623 e. The number of benzene rings is 2. The highest BCUT2D eigenvalue weighted by atomic mass is 35.5. The Bertz CT molecular complexity index is 864. The van der Waals surface area contributed by atoms with Crippen LogP contribution in [-0.2, 0) is 4.79 Å². The highest BCUT2D eigenvalue weighted by molar-refractivity contribution is 6.31. The van der Waals surface area contributed by atoms with Gasteiger partial charge in [-0.05, 0) is 30.3 Å². The fraction of sp³-hybridized carbons (Fsp3) is 0.111. The maximum absolute atomic E-state index is 14.3. The SMILES string of the molecule is C=CCN1C(=O)C[N+]([O-])=C(c2ccccc2F)c2cc(Cl)ccc21. The maximum Gasteiger partial charge on any atom is 0.294 e. The number of amides is 1. The molecule has 0 fully saturated rings. The number of halogens is 2. The van der Waals surface area contributed by atoms with Crippen molar-refractivity contribution in [1.82, 2.24) is 0 Å². The molecule has 4 nitrogen and oxygen atoms in total. The number of hydrogen-bond acceptors (Lipinski definition) is 2. The van der Waals surface area contributed by atoms with Crippen LogP contribution in [-0.4, -0.2) is 29.4 Å². The Hall–Kier alpha value is -2.66. The van der Waals surface area contributed by atoms with Crippen LogP contribution < -0.4 is 4.90 Å². The largest absolute Gasteiger partial charge is 0.623 e. The quantitative estimate of drug-likeness (QED) is 0.487. The number of benzodiazepines with no additional fused rings is 1. The van der Waals surface area contributed by atoms with E-state index in [0.29, 0.717) is 21.0 Å². The number of rotatable bonds is 3. The average molecular weight is 345 g/mol. The Balaban J connectivity index is 2.31. The lowest BCUT2D eigenvalue weighted by atomic mass is 9.99. The molecule has 2 aromatic carbocycles. The van der Waals surface area contributed by atoms with Crippen molar-refractivity contribution in [2.75, 3.05) is 18.0 Å². The molecule has 0 saturated heterocycles. The molecule has 1 aliphatic heterocycles. The second kappa shape index (κ2) is 6.45. The predicted octanol–water partition coefficient (Wildman–Crippen LogP) is 3.36. The molecule has 0 spiro atoms. The summed E-state index contributed by atoms with van der Waals surface area (Å²) in [5, 5.41) is 13.0. The van der Waals surface area contributed by atoms with E-state index in [1.807, 2.05) is 0 Å². The van der Waals surface area contributed by atoms with Gasteiger partial charge in [0, 0.05) is 11.6 Å². The second-order valence-electron chi connectivity index (χ2n) is 5.32. The highest BCUT2D eigenvalue weighted by Crippen LogP contribution is 2.30. The van der Waals surface area contributed by atoms with Crippen LogP contribution in [0.4, 0.5) is 10.1 Å². The van der Waals surface area contributed by atoms with Gasteiger partial charge in [0.25, 0.3) is 5.91 Å². The number of hydroxylamine groups is 1. The van der Waals surface area contributed by atoms with Crippen molar-refractivity contribution in [3.63, 3.8) is 0 Å². The topological polar surface area (TPSA) is 46.4 Å². The van der Waals surface area contributed by atoms with E-state index in [0.717, 1.165) is 0 Å². The van der Waals surface area contributed by atoms with Crippen LogP contribution in [0.15, 0.2) is 55.1 Å². The van der Waals surface area contributed by atoms with Gasteiger partial charge in [0.2, 0.25) is 12.3 Å². The molecule has 1 heterocycles. The molecule has 0 saturated carbocycles. The van der Waals surface area contributed by atoms with Crippen molar-refractivity contribution >= 4 is 28.9 Å². The molecule has 24 heavy (non-hydrogen) atoms. The first-order chi connectivity index (χ1) is 11.5. The smallest absolute Gasteiger partial charge is 0.294 e. The van der Waals surface area contributed by atoms with E-state index >= 15 is 0 Å². The summed E-state index contributed by atoms with van der Waals surface area (Å²) in [6.07, 6.45) is 1.57. The van der Waals surface area contributed by atoms with Crippen LogP contribution >= 0.6 is 11.6 Å². The highest BCUT2D eigenvalue weighted by Gasteiger charge is 2.32. The number of anilines is 1. The fourth-order valence-electron chi connectivity index (χ4n) is 2.75. The molecule has 0 aromatic heterocycles. The zero-order valence-electron chi connectivity index (χ0n) is 12.7. The van der Waals surface area contributed by atoms with Crippen LogP contribution in [0.5, 0.6) is 0 Å². The molecular formula is C18H14ClFN2O2. The van der Waals surface area contributed by atoms with Gasteiger partial charge in [-0.2, -0.15) is 4.74 Å². The molecule has 1 amide bonds.